The van der Waals surface area contributed by atoms with E-state index < -0.39 is 12.1 Å². The van der Waals surface area contributed by atoms with Crippen molar-refractivity contribution < 1.29 is 14.3 Å². The van der Waals surface area contributed by atoms with Crippen LogP contribution in [0.25, 0.3) is 10.2 Å². The van der Waals surface area contributed by atoms with Crippen LogP contribution < -0.4 is 5.73 Å². The number of carbonyl (C=O) groups excluding carboxylic acids is 2. The fourth-order valence-corrected chi connectivity index (χ4v) is 3.67. The molecule has 1 aromatic heterocycles. The Bertz CT molecular complexity index is 751. The molecule has 0 bridgehead atoms. The van der Waals surface area contributed by atoms with Crippen LogP contribution >= 0.6 is 11.3 Å². The zero-order chi connectivity index (χ0) is 17.1. The van der Waals surface area contributed by atoms with Crippen molar-refractivity contribution in [3.63, 3.8) is 0 Å². The number of carbonyl (C=O) groups is 2. The van der Waals surface area contributed by atoms with E-state index in [1.807, 2.05) is 0 Å². The van der Waals surface area contributed by atoms with E-state index >= 15 is 0 Å². The maximum atomic E-state index is 12.5. The molecule has 1 fully saturated rings. The number of nitrogen functional groups attached to an aromatic ring is 1. The maximum absolute atomic E-state index is 12.5. The van der Waals surface area contributed by atoms with Crippen molar-refractivity contribution in [1.29, 1.82) is 0 Å². The molecule has 6 nitrogen and oxygen atoms in total. The summed E-state index contributed by atoms with van der Waals surface area (Å²) in [6, 6.07) is 5.09. The average molecular weight is 347 g/mol. The number of esters is 1. The molecule has 0 radical (unpaired) electrons. The number of aromatic nitrogens is 1. The lowest BCUT2D eigenvalue weighted by atomic mass is 10.2. The third-order valence-corrected chi connectivity index (χ3v) is 5.04. The van der Waals surface area contributed by atoms with Crippen LogP contribution in [0.2, 0.25) is 0 Å². The average Bonchev–Trinajstić information content (AvgIpc) is 2.75. The van der Waals surface area contributed by atoms with Crippen LogP contribution in [-0.4, -0.2) is 41.0 Å². The Morgan fingerprint density at radius 3 is 2.67 bits per heavy atom. The molecule has 3 rings (SSSR count). The Kier molecular flexibility index (Phi) is 4.99. The van der Waals surface area contributed by atoms with E-state index in [0.29, 0.717) is 10.7 Å². The highest BCUT2D eigenvalue weighted by atomic mass is 32.1. The lowest BCUT2D eigenvalue weighted by Crippen LogP contribution is -2.40. The second kappa shape index (κ2) is 7.17. The van der Waals surface area contributed by atoms with E-state index in [-0.39, 0.29) is 5.91 Å². The first kappa shape index (κ1) is 16.7. The van der Waals surface area contributed by atoms with Crippen LogP contribution in [0.3, 0.4) is 0 Å². The van der Waals surface area contributed by atoms with Crippen molar-refractivity contribution in [2.45, 2.75) is 38.7 Å². The number of rotatable bonds is 3. The second-order valence-electron chi connectivity index (χ2n) is 6.02. The summed E-state index contributed by atoms with van der Waals surface area (Å²) in [5.74, 6) is -0.618. The molecule has 1 aliphatic heterocycles. The minimum Gasteiger partial charge on any atom is -0.449 e. The Balaban J connectivity index is 1.66. The summed E-state index contributed by atoms with van der Waals surface area (Å²) in [6.07, 6.45) is 3.54. The summed E-state index contributed by atoms with van der Waals surface area (Å²) in [7, 11) is 0. The van der Waals surface area contributed by atoms with Crippen LogP contribution in [0.1, 0.15) is 43.0 Å². The number of fused-ring (bicyclic) bond motifs is 1. The molecule has 1 amide bonds. The highest BCUT2D eigenvalue weighted by Crippen LogP contribution is 2.25. The van der Waals surface area contributed by atoms with Gasteiger partial charge in [-0.2, -0.15) is 0 Å². The number of thiazole rings is 1. The Morgan fingerprint density at radius 1 is 1.25 bits per heavy atom. The number of nitrogens with zero attached hydrogens (tertiary/aromatic N) is 2. The molecule has 7 heteroatoms. The Morgan fingerprint density at radius 2 is 1.96 bits per heavy atom. The second-order valence-corrected chi connectivity index (χ2v) is 7.08. The van der Waals surface area contributed by atoms with E-state index in [2.05, 4.69) is 4.98 Å². The van der Waals surface area contributed by atoms with Gasteiger partial charge in [0.25, 0.3) is 5.91 Å². The molecule has 2 N–H and O–H groups in total. The van der Waals surface area contributed by atoms with Crippen LogP contribution in [-0.2, 0) is 9.53 Å². The first-order chi connectivity index (χ1) is 11.5. The zero-order valence-electron chi connectivity index (χ0n) is 13.7. The molecule has 0 aliphatic carbocycles. The normalized spacial score (nSPS) is 16.6. The number of hydrogen-bond acceptors (Lipinski definition) is 6. The molecule has 2 aromatic rings. The van der Waals surface area contributed by atoms with Gasteiger partial charge in [-0.15, -0.1) is 0 Å². The molecule has 1 atom stereocenters. The topological polar surface area (TPSA) is 85.5 Å². The van der Waals surface area contributed by atoms with Crippen molar-refractivity contribution in [2.75, 3.05) is 18.8 Å². The van der Waals surface area contributed by atoms with E-state index in [1.165, 1.54) is 11.3 Å². The highest BCUT2D eigenvalue weighted by Gasteiger charge is 2.25. The van der Waals surface area contributed by atoms with E-state index in [4.69, 9.17) is 10.5 Å². The van der Waals surface area contributed by atoms with Crippen LogP contribution in [0.15, 0.2) is 18.2 Å². The van der Waals surface area contributed by atoms with Gasteiger partial charge in [-0.25, -0.2) is 9.78 Å². The van der Waals surface area contributed by atoms with Gasteiger partial charge in [0.1, 0.15) is 0 Å². The zero-order valence-corrected chi connectivity index (χ0v) is 14.5. The monoisotopic (exact) mass is 347 g/mol. The molecule has 0 saturated carbocycles. The Hall–Kier alpha value is -2.15. The van der Waals surface area contributed by atoms with E-state index in [0.717, 1.165) is 49.0 Å². The van der Waals surface area contributed by atoms with Crippen molar-refractivity contribution >= 4 is 38.6 Å². The number of amides is 1. The van der Waals surface area contributed by atoms with Crippen molar-refractivity contribution in [1.82, 2.24) is 9.88 Å². The molecule has 1 saturated heterocycles. The van der Waals surface area contributed by atoms with Gasteiger partial charge < -0.3 is 15.4 Å². The lowest BCUT2D eigenvalue weighted by Gasteiger charge is -2.24. The SMILES string of the molecule is C[C@@H](OC(=O)c1ccc2nc(N)sc2c1)C(=O)N1CCCCCC1. The van der Waals surface area contributed by atoms with Gasteiger partial charge in [0.15, 0.2) is 11.2 Å². The first-order valence-electron chi connectivity index (χ1n) is 8.20. The van der Waals surface area contributed by atoms with Gasteiger partial charge in [-0.1, -0.05) is 24.2 Å². The smallest absolute Gasteiger partial charge is 0.338 e. The fraction of sp³-hybridized carbons (Fsp3) is 0.471. The third-order valence-electron chi connectivity index (χ3n) is 4.19. The van der Waals surface area contributed by atoms with Crippen molar-refractivity contribution in [2.24, 2.45) is 0 Å². The van der Waals surface area contributed by atoms with Gasteiger partial charge in [-0.05, 0) is 38.0 Å². The minimum absolute atomic E-state index is 0.117. The van der Waals surface area contributed by atoms with Crippen molar-refractivity contribution in [3.05, 3.63) is 23.8 Å². The molecular formula is C17H21N3O3S. The van der Waals surface area contributed by atoms with Crippen LogP contribution in [0.4, 0.5) is 5.13 Å². The standard InChI is InChI=1S/C17H21N3O3S/c1-11(15(21)20-8-4-2-3-5-9-20)23-16(22)12-6-7-13-14(10-12)24-17(18)19-13/h6-7,10-11H,2-5,8-9H2,1H3,(H2,18,19)/t11-/m1/s1. The molecule has 0 spiro atoms. The summed E-state index contributed by atoms with van der Waals surface area (Å²) < 4.78 is 6.20. The van der Waals surface area contributed by atoms with E-state index in [9.17, 15) is 9.59 Å². The first-order valence-corrected chi connectivity index (χ1v) is 9.02. The molecule has 128 valence electrons. The van der Waals surface area contributed by atoms with Gasteiger partial charge in [0.2, 0.25) is 0 Å². The Labute approximate surface area is 144 Å². The molecule has 1 aromatic carbocycles. The number of benzene rings is 1. The number of likely N-dealkylation sites (tertiary alicyclic amines) is 1. The highest BCUT2D eigenvalue weighted by molar-refractivity contribution is 7.22. The molecular weight excluding hydrogens is 326 g/mol. The molecule has 1 aliphatic rings. The number of anilines is 1. The van der Waals surface area contributed by atoms with E-state index in [1.54, 1.807) is 30.0 Å². The van der Waals surface area contributed by atoms with Crippen LogP contribution in [0, 0.1) is 0 Å². The van der Waals surface area contributed by atoms with Gasteiger partial charge >= 0.3 is 5.97 Å². The summed E-state index contributed by atoms with van der Waals surface area (Å²) in [6.45, 7) is 3.12. The summed E-state index contributed by atoms with van der Waals surface area (Å²) >= 11 is 1.32. The summed E-state index contributed by atoms with van der Waals surface area (Å²) in [5, 5.41) is 0.459. The maximum Gasteiger partial charge on any atom is 0.338 e. The predicted octanol–water partition coefficient (Wildman–Crippen LogP) is 2.83. The van der Waals surface area contributed by atoms with Crippen LogP contribution in [0.5, 0.6) is 0 Å². The molecule has 2 heterocycles. The van der Waals surface area contributed by atoms with Gasteiger partial charge in [0, 0.05) is 13.1 Å². The quantitative estimate of drug-likeness (QED) is 0.863. The fourth-order valence-electron chi connectivity index (χ4n) is 2.90. The lowest BCUT2D eigenvalue weighted by molar-refractivity contribution is -0.139. The number of ether oxygens (including phenoxy) is 1. The minimum atomic E-state index is -0.780. The third kappa shape index (κ3) is 3.67. The summed E-state index contributed by atoms with van der Waals surface area (Å²) in [5.41, 5.74) is 6.83. The largest absolute Gasteiger partial charge is 0.449 e. The van der Waals surface area contributed by atoms with Gasteiger partial charge in [0.05, 0.1) is 15.8 Å². The summed E-state index contributed by atoms with van der Waals surface area (Å²) in [4.78, 5) is 30.7. The predicted molar refractivity (Wildman–Crippen MR) is 94.0 cm³/mol. The number of hydrogen-bond donors (Lipinski definition) is 1. The molecule has 24 heavy (non-hydrogen) atoms. The molecule has 0 unspecified atom stereocenters. The number of nitrogens with two attached hydrogens (primary N) is 1. The van der Waals surface area contributed by atoms with Gasteiger partial charge in [-0.3, -0.25) is 4.79 Å². The van der Waals surface area contributed by atoms with Crippen molar-refractivity contribution in [3.8, 4) is 0 Å².